The van der Waals surface area contributed by atoms with E-state index >= 15 is 8.78 Å². The van der Waals surface area contributed by atoms with Crippen LogP contribution < -0.4 is 10.6 Å². The summed E-state index contributed by atoms with van der Waals surface area (Å²) < 4.78 is 42.3. The SMILES string of the molecule is COC(=O)NC(C(=O)N1CCCC1c1ncc(-c2cc(F)c(-c3cc4cc(-c5cnc(C6CCCN6C(=O)[C@@H](NC(=O)O)C(C)C)[nH]5)ccc4o3)c(F)c2)[nH]1)C(C)C. The number of H-pyrrole nitrogens is 2. The van der Waals surface area contributed by atoms with Gasteiger partial charge in [0.1, 0.15) is 46.7 Å². The number of carbonyl (C=O) groups is 4. The van der Waals surface area contributed by atoms with Crippen molar-refractivity contribution in [3.05, 3.63) is 72.1 Å². The molecule has 2 aromatic carbocycles. The summed E-state index contributed by atoms with van der Waals surface area (Å²) >= 11 is 0. The maximum Gasteiger partial charge on any atom is 0.407 e. The number of amides is 4. The first-order valence-corrected chi connectivity index (χ1v) is 19.3. The van der Waals surface area contributed by atoms with Crippen LogP contribution in [0.15, 0.2) is 53.2 Å². The summed E-state index contributed by atoms with van der Waals surface area (Å²) in [5.74, 6) is -1.67. The number of alkyl carbamates (subject to hydrolysis) is 1. The summed E-state index contributed by atoms with van der Waals surface area (Å²) in [6, 6.07) is 6.80. The molecule has 15 nitrogen and oxygen atoms in total. The molecule has 306 valence electrons. The highest BCUT2D eigenvalue weighted by atomic mass is 19.1. The van der Waals surface area contributed by atoms with Crippen molar-refractivity contribution in [3.8, 4) is 33.8 Å². The van der Waals surface area contributed by atoms with Crippen LogP contribution in [0, 0.1) is 23.5 Å². The second-order valence-electron chi connectivity index (χ2n) is 15.5. The van der Waals surface area contributed by atoms with E-state index in [9.17, 15) is 24.3 Å². The molecule has 5 aromatic rings. The van der Waals surface area contributed by atoms with Crippen molar-refractivity contribution in [2.45, 2.75) is 77.5 Å². The number of aromatic amines is 2. The molecule has 4 atom stereocenters. The molecule has 4 amide bonds. The fraction of sp³-hybridized carbons (Fsp3) is 0.415. The Morgan fingerprint density at radius 3 is 1.86 bits per heavy atom. The van der Waals surface area contributed by atoms with E-state index in [0.29, 0.717) is 66.4 Å². The summed E-state index contributed by atoms with van der Waals surface area (Å²) in [5.41, 5.74) is 2.05. The Hall–Kier alpha value is -6.26. The van der Waals surface area contributed by atoms with Gasteiger partial charge in [-0.2, -0.15) is 0 Å². The predicted molar refractivity (Wildman–Crippen MR) is 208 cm³/mol. The highest BCUT2D eigenvalue weighted by Gasteiger charge is 2.39. The van der Waals surface area contributed by atoms with E-state index < -0.39 is 41.9 Å². The topological polar surface area (TPSA) is 199 Å². The number of nitrogens with one attached hydrogen (secondary N) is 4. The molecule has 2 aliphatic rings. The molecule has 0 saturated carbocycles. The molecule has 58 heavy (non-hydrogen) atoms. The second-order valence-corrected chi connectivity index (χ2v) is 15.5. The zero-order valence-corrected chi connectivity index (χ0v) is 32.8. The summed E-state index contributed by atoms with van der Waals surface area (Å²) in [5, 5.41) is 14.8. The van der Waals surface area contributed by atoms with Gasteiger partial charge < -0.3 is 44.7 Å². The van der Waals surface area contributed by atoms with Crippen molar-refractivity contribution in [1.82, 2.24) is 40.4 Å². The lowest BCUT2D eigenvalue weighted by Gasteiger charge is -2.30. The van der Waals surface area contributed by atoms with Crippen LogP contribution in [0.1, 0.15) is 77.1 Å². The van der Waals surface area contributed by atoms with Gasteiger partial charge >= 0.3 is 12.2 Å². The first-order valence-electron chi connectivity index (χ1n) is 19.3. The van der Waals surface area contributed by atoms with Crippen LogP contribution in [0.3, 0.4) is 0 Å². The lowest BCUT2D eigenvalue weighted by atomic mass is 10.0. The van der Waals surface area contributed by atoms with Gasteiger partial charge in [-0.3, -0.25) is 9.59 Å². The normalized spacial score (nSPS) is 17.9. The molecule has 0 spiro atoms. The van der Waals surface area contributed by atoms with Crippen molar-refractivity contribution in [3.63, 3.8) is 0 Å². The Labute approximate surface area is 332 Å². The van der Waals surface area contributed by atoms with Crippen molar-refractivity contribution >= 4 is 35.0 Å². The number of furan rings is 1. The number of rotatable bonds is 11. The third-order valence-corrected chi connectivity index (χ3v) is 10.9. The zero-order valence-electron chi connectivity index (χ0n) is 32.8. The lowest BCUT2D eigenvalue weighted by Crippen LogP contribution is -2.51. The van der Waals surface area contributed by atoms with Crippen LogP contribution in [0.25, 0.3) is 44.8 Å². The molecule has 5 heterocycles. The largest absolute Gasteiger partial charge is 0.465 e. The van der Waals surface area contributed by atoms with Gasteiger partial charge in [-0.25, -0.2) is 28.3 Å². The number of fused-ring (bicyclic) bond motifs is 1. The molecular formula is C41H46F2N8O7. The van der Waals surface area contributed by atoms with Crippen LogP contribution in [-0.4, -0.2) is 91.1 Å². The molecule has 17 heteroatoms. The average Bonchev–Trinajstić information content (AvgIpc) is 4.03. The van der Waals surface area contributed by atoms with Crippen LogP contribution in [0.5, 0.6) is 0 Å². The molecule has 0 aliphatic carbocycles. The number of imidazole rings is 2. The Bertz CT molecular complexity index is 2330. The predicted octanol–water partition coefficient (Wildman–Crippen LogP) is 7.16. The third-order valence-electron chi connectivity index (χ3n) is 10.9. The first-order chi connectivity index (χ1) is 27.7. The fourth-order valence-corrected chi connectivity index (χ4v) is 7.94. The minimum atomic E-state index is -1.26. The lowest BCUT2D eigenvalue weighted by molar-refractivity contribution is -0.136. The number of aromatic nitrogens is 4. The minimum Gasteiger partial charge on any atom is -0.465 e. The number of nitrogens with zero attached hydrogens (tertiary/aromatic N) is 4. The Kier molecular flexibility index (Phi) is 11.2. The van der Waals surface area contributed by atoms with Gasteiger partial charge in [0.05, 0.1) is 48.5 Å². The molecule has 5 N–H and O–H groups in total. The standard InChI is InChI=1S/C41H46F2N8O7/c1-20(2)34(48-40(54)55)38(52)50-12-6-8-29(50)36-44-18-27(46-36)22-10-11-31-24(14-22)17-32(58-31)33-25(42)15-23(16-26(33)43)28-19-45-37(47-28)30-9-7-13-51(30)39(53)35(21(3)4)49-41(56)57-5/h10-11,14-21,29-30,34-35,48H,6-9,12-13H2,1-5H3,(H,44,46)(H,45,47)(H,49,56)(H,54,55)/t29?,30?,34-,35?/m0/s1. The molecule has 3 aromatic heterocycles. The van der Waals surface area contributed by atoms with E-state index in [0.717, 1.165) is 12.0 Å². The Morgan fingerprint density at radius 2 is 1.34 bits per heavy atom. The average molecular weight is 801 g/mol. The number of benzene rings is 2. The summed E-state index contributed by atoms with van der Waals surface area (Å²) in [7, 11) is 1.23. The molecule has 2 saturated heterocycles. The number of carboxylic acid groups (broad SMARTS) is 1. The Balaban J connectivity index is 1.08. The van der Waals surface area contributed by atoms with Gasteiger partial charge in [-0.05, 0) is 73.9 Å². The number of ether oxygens (including phenoxy) is 1. The number of halogens is 2. The molecule has 2 aliphatic heterocycles. The van der Waals surface area contributed by atoms with E-state index in [1.165, 1.54) is 25.4 Å². The number of hydrogen-bond acceptors (Lipinski definition) is 8. The van der Waals surface area contributed by atoms with Crippen LogP contribution in [0.4, 0.5) is 18.4 Å². The van der Waals surface area contributed by atoms with Crippen molar-refractivity contribution in [1.29, 1.82) is 0 Å². The van der Waals surface area contributed by atoms with Crippen molar-refractivity contribution in [2.24, 2.45) is 11.8 Å². The quantitative estimate of drug-likeness (QED) is 0.0920. The molecule has 0 radical (unpaired) electrons. The van der Waals surface area contributed by atoms with E-state index in [2.05, 4.69) is 30.6 Å². The fourth-order valence-electron chi connectivity index (χ4n) is 7.94. The van der Waals surface area contributed by atoms with E-state index in [4.69, 9.17) is 9.15 Å². The number of methoxy groups -OCH3 is 1. The highest BCUT2D eigenvalue weighted by Crippen LogP contribution is 2.38. The monoisotopic (exact) mass is 800 g/mol. The van der Waals surface area contributed by atoms with Gasteiger partial charge in [0.15, 0.2) is 0 Å². The number of likely N-dealkylation sites (tertiary alicyclic amines) is 2. The summed E-state index contributed by atoms with van der Waals surface area (Å²) in [4.78, 5) is 69.1. The van der Waals surface area contributed by atoms with Crippen molar-refractivity contribution < 1.29 is 42.2 Å². The number of hydrogen-bond donors (Lipinski definition) is 5. The van der Waals surface area contributed by atoms with Crippen LogP contribution in [0.2, 0.25) is 0 Å². The van der Waals surface area contributed by atoms with E-state index in [1.807, 2.05) is 19.9 Å². The zero-order chi connectivity index (χ0) is 41.4. The molecule has 2 fully saturated rings. The van der Waals surface area contributed by atoms with Gasteiger partial charge in [0.2, 0.25) is 11.8 Å². The molecule has 0 bridgehead atoms. The molecule has 3 unspecified atom stereocenters. The third kappa shape index (κ3) is 7.84. The van der Waals surface area contributed by atoms with Crippen LogP contribution in [-0.2, 0) is 14.3 Å². The van der Waals surface area contributed by atoms with Crippen molar-refractivity contribution in [2.75, 3.05) is 20.2 Å². The van der Waals surface area contributed by atoms with E-state index in [-0.39, 0.29) is 46.6 Å². The molecule has 7 rings (SSSR count). The maximum absolute atomic E-state index is 15.8. The summed E-state index contributed by atoms with van der Waals surface area (Å²) in [6.07, 6.45) is 3.89. The number of carbonyl (C=O) groups excluding carboxylic acids is 3. The maximum atomic E-state index is 15.8. The van der Waals surface area contributed by atoms with Gasteiger partial charge in [-0.1, -0.05) is 27.7 Å². The highest BCUT2D eigenvalue weighted by molar-refractivity contribution is 5.88. The molecular weight excluding hydrogens is 754 g/mol. The van der Waals surface area contributed by atoms with Crippen LogP contribution >= 0.6 is 0 Å². The van der Waals surface area contributed by atoms with Gasteiger partial charge in [0, 0.05) is 29.6 Å². The smallest absolute Gasteiger partial charge is 0.407 e. The first kappa shape index (κ1) is 40.0. The van der Waals surface area contributed by atoms with E-state index in [1.54, 1.807) is 48.0 Å². The minimum absolute atomic E-state index is 0.000494. The Morgan fingerprint density at radius 1 is 0.810 bits per heavy atom. The van der Waals surface area contributed by atoms with Gasteiger partial charge in [0.25, 0.3) is 0 Å². The summed E-state index contributed by atoms with van der Waals surface area (Å²) in [6.45, 7) is 8.16. The van der Waals surface area contributed by atoms with Gasteiger partial charge in [-0.15, -0.1) is 0 Å². The second kappa shape index (κ2) is 16.3.